The second kappa shape index (κ2) is 11.0. The van der Waals surface area contributed by atoms with Gasteiger partial charge in [0, 0.05) is 25.5 Å². The fourth-order valence-electron chi connectivity index (χ4n) is 3.47. The summed E-state index contributed by atoms with van der Waals surface area (Å²) in [6.45, 7) is 3.70. The van der Waals surface area contributed by atoms with Crippen LogP contribution in [0.1, 0.15) is 39.5 Å². The highest BCUT2D eigenvalue weighted by Crippen LogP contribution is 2.27. The molecule has 1 heterocycles. The van der Waals surface area contributed by atoms with Crippen molar-refractivity contribution in [2.75, 3.05) is 27.7 Å². The number of nitrogens with zero attached hydrogens (tertiary/aromatic N) is 3. The van der Waals surface area contributed by atoms with Gasteiger partial charge in [-0.15, -0.1) is 35.3 Å². The molecule has 0 unspecified atom stereocenters. The van der Waals surface area contributed by atoms with Crippen molar-refractivity contribution >= 4 is 41.3 Å². The third-order valence-electron chi connectivity index (χ3n) is 5.01. The Hall–Kier alpha value is -1.35. The molecular formula is C21H31IN4OS. The van der Waals surface area contributed by atoms with Crippen LogP contribution < -0.4 is 10.1 Å². The van der Waals surface area contributed by atoms with Crippen molar-refractivity contribution in [3.63, 3.8) is 0 Å². The number of aromatic nitrogens is 1. The van der Waals surface area contributed by atoms with E-state index in [1.54, 1.807) is 7.11 Å². The van der Waals surface area contributed by atoms with Gasteiger partial charge in [-0.1, -0.05) is 12.1 Å². The molecule has 0 fully saturated rings. The van der Waals surface area contributed by atoms with E-state index >= 15 is 0 Å². The number of ether oxygens (including phenoxy) is 1. The van der Waals surface area contributed by atoms with Crippen LogP contribution in [0.25, 0.3) is 0 Å². The smallest absolute Gasteiger partial charge is 0.193 e. The second-order valence-electron chi connectivity index (χ2n) is 7.07. The number of hydrogen-bond acceptors (Lipinski definition) is 4. The summed E-state index contributed by atoms with van der Waals surface area (Å²) >= 11 is 1.87. The summed E-state index contributed by atoms with van der Waals surface area (Å²) in [7, 11) is 5.63. The molecule has 1 N–H and O–H groups in total. The first kappa shape index (κ1) is 22.9. The van der Waals surface area contributed by atoms with Crippen LogP contribution in [0.15, 0.2) is 23.2 Å². The summed E-state index contributed by atoms with van der Waals surface area (Å²) < 4.78 is 5.42. The lowest BCUT2D eigenvalue weighted by molar-refractivity contribution is 0.411. The maximum absolute atomic E-state index is 5.42. The predicted octanol–water partition coefficient (Wildman–Crippen LogP) is 4.21. The lowest BCUT2D eigenvalue weighted by Crippen LogP contribution is -2.39. The van der Waals surface area contributed by atoms with Crippen molar-refractivity contribution in [3.8, 4) is 5.75 Å². The summed E-state index contributed by atoms with van der Waals surface area (Å²) in [6.07, 6.45) is 5.85. The molecule has 0 aliphatic heterocycles. The van der Waals surface area contributed by atoms with Crippen molar-refractivity contribution in [3.05, 3.63) is 44.9 Å². The average Bonchev–Trinajstić information content (AvgIpc) is 3.08. The van der Waals surface area contributed by atoms with Gasteiger partial charge in [0.25, 0.3) is 0 Å². The van der Waals surface area contributed by atoms with Crippen LogP contribution in [0.5, 0.6) is 5.75 Å². The number of nitrogens with one attached hydrogen (secondary N) is 1. The first-order chi connectivity index (χ1) is 13.1. The van der Waals surface area contributed by atoms with Crippen molar-refractivity contribution in [1.82, 2.24) is 15.2 Å². The molecule has 0 bridgehead atoms. The fraction of sp³-hybridized carbons (Fsp3) is 0.524. The molecule has 0 radical (unpaired) electrons. The molecular weight excluding hydrogens is 483 g/mol. The molecule has 1 aliphatic rings. The van der Waals surface area contributed by atoms with Gasteiger partial charge in [-0.3, -0.25) is 4.99 Å². The number of fused-ring (bicyclic) bond motifs is 1. The summed E-state index contributed by atoms with van der Waals surface area (Å²) in [5, 5.41) is 4.65. The van der Waals surface area contributed by atoms with Crippen LogP contribution in [-0.4, -0.2) is 43.6 Å². The van der Waals surface area contributed by atoms with Crippen LogP contribution in [-0.2, 0) is 25.8 Å². The van der Waals surface area contributed by atoms with Crippen LogP contribution in [0.4, 0.5) is 0 Å². The van der Waals surface area contributed by atoms with Crippen molar-refractivity contribution in [2.24, 2.45) is 4.99 Å². The highest BCUT2D eigenvalue weighted by molar-refractivity contribution is 14.0. The van der Waals surface area contributed by atoms with Gasteiger partial charge in [0.2, 0.25) is 0 Å². The molecule has 0 atom stereocenters. The molecule has 154 valence electrons. The summed E-state index contributed by atoms with van der Waals surface area (Å²) in [4.78, 5) is 12.9. The standard InChI is InChI=1S/C21H30N4OS.HI/c1-15-9-10-16(13-18(15)26-4)11-12-23-21(22-2)25(3)14-20-24-17-7-5-6-8-19(17)27-20;/h9-10,13H,5-8,11-12,14H2,1-4H3,(H,22,23);1H. The lowest BCUT2D eigenvalue weighted by atomic mass is 10.0. The van der Waals surface area contributed by atoms with Gasteiger partial charge in [0.05, 0.1) is 19.3 Å². The number of thiazole rings is 1. The van der Waals surface area contributed by atoms with E-state index in [0.717, 1.165) is 43.2 Å². The van der Waals surface area contributed by atoms with Gasteiger partial charge in [-0.2, -0.15) is 0 Å². The lowest BCUT2D eigenvalue weighted by Gasteiger charge is -2.21. The Labute approximate surface area is 189 Å². The molecule has 2 aromatic rings. The zero-order chi connectivity index (χ0) is 19.2. The maximum Gasteiger partial charge on any atom is 0.193 e. The first-order valence-electron chi connectivity index (χ1n) is 9.63. The number of guanidine groups is 1. The molecule has 1 aliphatic carbocycles. The normalized spacial score (nSPS) is 13.5. The zero-order valence-corrected chi connectivity index (χ0v) is 20.4. The minimum atomic E-state index is 0. The Bertz CT molecular complexity index is 782. The Morgan fingerprint density at radius 1 is 1.32 bits per heavy atom. The minimum Gasteiger partial charge on any atom is -0.496 e. The molecule has 5 nitrogen and oxygen atoms in total. The Balaban J connectivity index is 0.00000280. The average molecular weight is 514 g/mol. The number of halogens is 1. The van der Waals surface area contributed by atoms with Crippen LogP contribution in [0.3, 0.4) is 0 Å². The Kier molecular flexibility index (Phi) is 9.01. The second-order valence-corrected chi connectivity index (χ2v) is 8.24. The van der Waals surface area contributed by atoms with Crippen molar-refractivity contribution < 1.29 is 4.74 Å². The monoisotopic (exact) mass is 514 g/mol. The molecule has 28 heavy (non-hydrogen) atoms. The van der Waals surface area contributed by atoms with E-state index in [2.05, 4.69) is 47.4 Å². The molecule has 0 saturated carbocycles. The van der Waals surface area contributed by atoms with E-state index in [1.807, 2.05) is 18.4 Å². The third kappa shape index (κ3) is 5.83. The SMILES string of the molecule is CN=C(NCCc1ccc(C)c(OC)c1)N(C)Cc1nc2c(s1)CCCC2.I. The molecule has 1 aromatic heterocycles. The van der Waals surface area contributed by atoms with Crippen LogP contribution >= 0.6 is 35.3 Å². The largest absolute Gasteiger partial charge is 0.496 e. The van der Waals surface area contributed by atoms with Crippen LogP contribution in [0, 0.1) is 6.92 Å². The maximum atomic E-state index is 5.42. The van der Waals surface area contributed by atoms with E-state index < -0.39 is 0 Å². The number of rotatable bonds is 6. The fourth-order valence-corrected chi connectivity index (χ4v) is 4.68. The molecule has 0 spiro atoms. The van der Waals surface area contributed by atoms with Crippen molar-refractivity contribution in [1.29, 1.82) is 0 Å². The highest BCUT2D eigenvalue weighted by Gasteiger charge is 2.16. The highest BCUT2D eigenvalue weighted by atomic mass is 127. The molecule has 1 aromatic carbocycles. The predicted molar refractivity (Wildman–Crippen MR) is 128 cm³/mol. The van der Waals surface area contributed by atoms with E-state index in [1.165, 1.54) is 40.4 Å². The van der Waals surface area contributed by atoms with E-state index in [9.17, 15) is 0 Å². The topological polar surface area (TPSA) is 49.8 Å². The third-order valence-corrected chi connectivity index (χ3v) is 6.15. The summed E-state index contributed by atoms with van der Waals surface area (Å²) in [5.41, 5.74) is 3.75. The Morgan fingerprint density at radius 2 is 2.11 bits per heavy atom. The number of aliphatic imine (C=N–C) groups is 1. The molecule has 3 rings (SSSR count). The van der Waals surface area contributed by atoms with Gasteiger partial charge in [0.15, 0.2) is 5.96 Å². The van der Waals surface area contributed by atoms with Gasteiger partial charge < -0.3 is 15.0 Å². The first-order valence-corrected chi connectivity index (χ1v) is 10.4. The van der Waals surface area contributed by atoms with Gasteiger partial charge in [-0.25, -0.2) is 4.98 Å². The van der Waals surface area contributed by atoms with E-state index in [-0.39, 0.29) is 24.0 Å². The molecule has 0 amide bonds. The zero-order valence-electron chi connectivity index (χ0n) is 17.2. The molecule has 7 heteroatoms. The minimum absolute atomic E-state index is 0. The van der Waals surface area contributed by atoms with Gasteiger partial charge in [0.1, 0.15) is 10.8 Å². The Morgan fingerprint density at radius 3 is 2.82 bits per heavy atom. The number of benzene rings is 1. The van der Waals surface area contributed by atoms with Gasteiger partial charge >= 0.3 is 0 Å². The quantitative estimate of drug-likeness (QED) is 0.357. The number of methoxy groups -OCH3 is 1. The number of aryl methyl sites for hydroxylation is 3. The molecule has 0 saturated heterocycles. The van der Waals surface area contributed by atoms with E-state index in [0.29, 0.717) is 0 Å². The van der Waals surface area contributed by atoms with Crippen LogP contribution in [0.2, 0.25) is 0 Å². The van der Waals surface area contributed by atoms with E-state index in [4.69, 9.17) is 9.72 Å². The van der Waals surface area contributed by atoms with Crippen molar-refractivity contribution in [2.45, 2.75) is 45.6 Å². The number of hydrogen-bond donors (Lipinski definition) is 1. The van der Waals surface area contributed by atoms with Gasteiger partial charge in [-0.05, 0) is 56.2 Å². The summed E-state index contributed by atoms with van der Waals surface area (Å²) in [6, 6.07) is 6.38. The summed E-state index contributed by atoms with van der Waals surface area (Å²) in [5.74, 6) is 1.85.